The molecule has 0 unspecified atom stereocenters. The maximum atomic E-state index is 11.7. The largest absolute Gasteiger partial charge is 0.493 e. The molecule has 0 radical (unpaired) electrons. The van der Waals surface area contributed by atoms with E-state index >= 15 is 0 Å². The van der Waals surface area contributed by atoms with E-state index in [9.17, 15) is 4.79 Å². The number of hydrogen-bond donors (Lipinski definition) is 2. The van der Waals surface area contributed by atoms with E-state index in [2.05, 4.69) is 10.6 Å². The van der Waals surface area contributed by atoms with Crippen molar-refractivity contribution in [2.45, 2.75) is 38.6 Å². The molecule has 0 aliphatic carbocycles. The first-order valence-electron chi connectivity index (χ1n) is 7.43. The number of carbonyl (C=O) groups is 1. The van der Waals surface area contributed by atoms with E-state index in [-0.39, 0.29) is 5.91 Å². The summed E-state index contributed by atoms with van der Waals surface area (Å²) in [7, 11) is 0. The van der Waals surface area contributed by atoms with Crippen LogP contribution in [-0.4, -0.2) is 31.6 Å². The third-order valence-electron chi connectivity index (χ3n) is 3.56. The first-order valence-corrected chi connectivity index (χ1v) is 7.43. The van der Waals surface area contributed by atoms with Crippen LogP contribution in [-0.2, 0) is 4.79 Å². The summed E-state index contributed by atoms with van der Waals surface area (Å²) in [6, 6.07) is 8.45. The van der Waals surface area contributed by atoms with Gasteiger partial charge in [-0.2, -0.15) is 0 Å². The molecule has 4 heteroatoms. The highest BCUT2D eigenvalue weighted by Gasteiger charge is 2.13. The third-order valence-corrected chi connectivity index (χ3v) is 3.56. The van der Waals surface area contributed by atoms with Gasteiger partial charge in [0, 0.05) is 12.6 Å². The number of ether oxygens (including phenoxy) is 1. The molecule has 0 spiro atoms. The maximum Gasteiger partial charge on any atom is 0.223 e. The van der Waals surface area contributed by atoms with Crippen molar-refractivity contribution in [2.24, 2.45) is 0 Å². The lowest BCUT2D eigenvalue weighted by molar-refractivity contribution is -0.121. The van der Waals surface area contributed by atoms with Crippen molar-refractivity contribution >= 4 is 5.91 Å². The Labute approximate surface area is 120 Å². The Kier molecular flexibility index (Phi) is 5.87. The fraction of sp³-hybridized carbons (Fsp3) is 0.562. The predicted octanol–water partition coefficient (Wildman–Crippen LogP) is 2.02. The molecule has 1 aromatic rings. The molecule has 1 saturated heterocycles. The zero-order valence-corrected chi connectivity index (χ0v) is 12.2. The molecule has 0 aromatic heterocycles. The standard InChI is InChI=1S/C16H24N2O2/c1-13-4-2-6-15(12-13)20-11-8-16(19)18-10-7-14-5-3-9-17-14/h2,4,6,12,14,17H,3,5,7-11H2,1H3,(H,18,19)/t14-/m0/s1. The zero-order chi connectivity index (χ0) is 14.2. The van der Waals surface area contributed by atoms with Gasteiger partial charge < -0.3 is 15.4 Å². The molecule has 4 nitrogen and oxygen atoms in total. The van der Waals surface area contributed by atoms with E-state index in [4.69, 9.17) is 4.74 Å². The maximum absolute atomic E-state index is 11.7. The van der Waals surface area contributed by atoms with Crippen molar-refractivity contribution in [1.82, 2.24) is 10.6 Å². The summed E-state index contributed by atoms with van der Waals surface area (Å²) in [5.41, 5.74) is 1.16. The SMILES string of the molecule is Cc1cccc(OCCC(=O)NCC[C@@H]2CCCN2)c1. The Morgan fingerprint density at radius 1 is 1.50 bits per heavy atom. The molecule has 0 bridgehead atoms. The molecule has 110 valence electrons. The number of carbonyl (C=O) groups excluding carboxylic acids is 1. The van der Waals surface area contributed by atoms with Crippen LogP contribution in [0.5, 0.6) is 5.75 Å². The van der Waals surface area contributed by atoms with Gasteiger partial charge in [-0.3, -0.25) is 4.79 Å². The van der Waals surface area contributed by atoms with Crippen LogP contribution in [0.1, 0.15) is 31.2 Å². The highest BCUT2D eigenvalue weighted by Crippen LogP contribution is 2.12. The van der Waals surface area contributed by atoms with Crippen LogP contribution in [0.4, 0.5) is 0 Å². The second kappa shape index (κ2) is 7.90. The topological polar surface area (TPSA) is 50.4 Å². The van der Waals surface area contributed by atoms with Gasteiger partial charge in [0.2, 0.25) is 5.91 Å². The van der Waals surface area contributed by atoms with E-state index in [0.717, 1.165) is 30.8 Å². The van der Waals surface area contributed by atoms with Crippen LogP contribution >= 0.6 is 0 Å². The Hall–Kier alpha value is -1.55. The Morgan fingerprint density at radius 3 is 3.15 bits per heavy atom. The summed E-state index contributed by atoms with van der Waals surface area (Å²) in [6.45, 7) is 4.32. The minimum atomic E-state index is 0.0654. The monoisotopic (exact) mass is 276 g/mol. The van der Waals surface area contributed by atoms with Gasteiger partial charge in [-0.1, -0.05) is 12.1 Å². The van der Waals surface area contributed by atoms with Crippen LogP contribution in [0.25, 0.3) is 0 Å². The number of nitrogens with one attached hydrogen (secondary N) is 2. The van der Waals surface area contributed by atoms with Crippen LogP contribution in [0.3, 0.4) is 0 Å². The van der Waals surface area contributed by atoms with Crippen molar-refractivity contribution in [3.63, 3.8) is 0 Å². The molecule has 1 amide bonds. The van der Waals surface area contributed by atoms with Crippen LogP contribution in [0.15, 0.2) is 24.3 Å². The minimum absolute atomic E-state index is 0.0654. The molecule has 0 saturated carbocycles. The second-order valence-corrected chi connectivity index (χ2v) is 5.35. The Bertz CT molecular complexity index is 428. The number of amides is 1. The molecule has 1 aliphatic heterocycles. The van der Waals surface area contributed by atoms with Gasteiger partial charge in [0.1, 0.15) is 5.75 Å². The lowest BCUT2D eigenvalue weighted by atomic mass is 10.1. The van der Waals surface area contributed by atoms with E-state index in [1.54, 1.807) is 0 Å². The summed E-state index contributed by atoms with van der Waals surface area (Å²) < 4.78 is 5.56. The van der Waals surface area contributed by atoms with E-state index in [1.807, 2.05) is 31.2 Å². The minimum Gasteiger partial charge on any atom is -0.493 e. The number of rotatable bonds is 7. The van der Waals surface area contributed by atoms with Crippen LogP contribution in [0.2, 0.25) is 0 Å². The smallest absolute Gasteiger partial charge is 0.223 e. The fourth-order valence-corrected chi connectivity index (χ4v) is 2.44. The van der Waals surface area contributed by atoms with Gasteiger partial charge in [0.05, 0.1) is 13.0 Å². The van der Waals surface area contributed by atoms with Crippen molar-refractivity contribution in [3.8, 4) is 5.75 Å². The number of aryl methyl sites for hydroxylation is 1. The first kappa shape index (κ1) is 14.9. The van der Waals surface area contributed by atoms with Gasteiger partial charge in [-0.25, -0.2) is 0 Å². The van der Waals surface area contributed by atoms with Crippen molar-refractivity contribution in [3.05, 3.63) is 29.8 Å². The van der Waals surface area contributed by atoms with Crippen molar-refractivity contribution < 1.29 is 9.53 Å². The normalized spacial score (nSPS) is 17.9. The quantitative estimate of drug-likeness (QED) is 0.801. The van der Waals surface area contributed by atoms with Gasteiger partial charge in [0.25, 0.3) is 0 Å². The molecule has 2 N–H and O–H groups in total. The molecule has 1 heterocycles. The molecule has 2 rings (SSSR count). The zero-order valence-electron chi connectivity index (χ0n) is 12.2. The predicted molar refractivity (Wildman–Crippen MR) is 79.9 cm³/mol. The molecule has 20 heavy (non-hydrogen) atoms. The molecule has 1 fully saturated rings. The number of benzene rings is 1. The average Bonchev–Trinajstić information content (AvgIpc) is 2.92. The lowest BCUT2D eigenvalue weighted by Crippen LogP contribution is -2.31. The molecule has 1 atom stereocenters. The van der Waals surface area contributed by atoms with E-state index in [0.29, 0.717) is 19.1 Å². The number of hydrogen-bond acceptors (Lipinski definition) is 3. The average molecular weight is 276 g/mol. The van der Waals surface area contributed by atoms with Gasteiger partial charge in [-0.05, 0) is 50.4 Å². The molecule has 1 aliphatic rings. The van der Waals surface area contributed by atoms with Crippen molar-refractivity contribution in [1.29, 1.82) is 0 Å². The summed E-state index contributed by atoms with van der Waals surface area (Å²) in [5.74, 6) is 0.892. The molecule has 1 aromatic carbocycles. The highest BCUT2D eigenvalue weighted by molar-refractivity contribution is 5.75. The first-order chi connectivity index (χ1) is 9.74. The highest BCUT2D eigenvalue weighted by atomic mass is 16.5. The summed E-state index contributed by atoms with van der Waals surface area (Å²) in [6.07, 6.45) is 3.91. The Morgan fingerprint density at radius 2 is 2.40 bits per heavy atom. The van der Waals surface area contributed by atoms with E-state index in [1.165, 1.54) is 12.8 Å². The van der Waals surface area contributed by atoms with Gasteiger partial charge in [0.15, 0.2) is 0 Å². The third kappa shape index (κ3) is 5.21. The summed E-state index contributed by atoms with van der Waals surface area (Å²) in [5, 5.41) is 6.37. The van der Waals surface area contributed by atoms with Crippen LogP contribution < -0.4 is 15.4 Å². The fourth-order valence-electron chi connectivity index (χ4n) is 2.44. The molecular formula is C16H24N2O2. The van der Waals surface area contributed by atoms with Gasteiger partial charge >= 0.3 is 0 Å². The summed E-state index contributed by atoms with van der Waals surface area (Å²) in [4.78, 5) is 11.7. The molecular weight excluding hydrogens is 252 g/mol. The van der Waals surface area contributed by atoms with Crippen LogP contribution in [0, 0.1) is 6.92 Å². The Balaban J connectivity index is 1.55. The second-order valence-electron chi connectivity index (χ2n) is 5.35. The van der Waals surface area contributed by atoms with Crippen molar-refractivity contribution in [2.75, 3.05) is 19.7 Å². The lowest BCUT2D eigenvalue weighted by Gasteiger charge is -2.11. The summed E-state index contributed by atoms with van der Waals surface area (Å²) >= 11 is 0. The van der Waals surface area contributed by atoms with E-state index < -0.39 is 0 Å². The van der Waals surface area contributed by atoms with Gasteiger partial charge in [-0.15, -0.1) is 0 Å².